The fourth-order valence-electron chi connectivity index (χ4n) is 3.24. The van der Waals surface area contributed by atoms with Crippen molar-refractivity contribution in [1.29, 1.82) is 0 Å². The van der Waals surface area contributed by atoms with Crippen LogP contribution in [-0.2, 0) is 11.3 Å². The van der Waals surface area contributed by atoms with Crippen molar-refractivity contribution in [3.05, 3.63) is 58.7 Å². The third-order valence-electron chi connectivity index (χ3n) is 4.61. The molecule has 3 heterocycles. The van der Waals surface area contributed by atoms with Crippen LogP contribution in [0.15, 0.2) is 51.8 Å². The second-order valence-corrected chi connectivity index (χ2v) is 8.15. The predicted octanol–water partition coefficient (Wildman–Crippen LogP) is 4.67. The Morgan fingerprint density at radius 3 is 2.62 bits per heavy atom. The molecule has 2 aliphatic heterocycles. The van der Waals surface area contributed by atoms with Gasteiger partial charge in [0.2, 0.25) is 0 Å². The third-order valence-corrected chi connectivity index (χ3v) is 5.99. The smallest absolute Gasteiger partial charge is 0.266 e. The summed E-state index contributed by atoms with van der Waals surface area (Å²) in [5.74, 6) is 1.53. The molecule has 0 N–H and O–H groups in total. The van der Waals surface area contributed by atoms with Gasteiger partial charge in [0.15, 0.2) is 5.88 Å². The molecule has 2 saturated heterocycles. The topological polar surface area (TPSA) is 36.7 Å². The highest BCUT2D eigenvalue weighted by molar-refractivity contribution is 8.26. The zero-order valence-electron chi connectivity index (χ0n) is 14.4. The lowest BCUT2D eigenvalue weighted by Crippen LogP contribution is -2.28. The molecule has 1 aromatic heterocycles. The molecule has 4 rings (SSSR count). The highest BCUT2D eigenvalue weighted by Crippen LogP contribution is 2.34. The van der Waals surface area contributed by atoms with Crippen molar-refractivity contribution in [3.63, 3.8) is 0 Å². The molecule has 0 aliphatic carbocycles. The van der Waals surface area contributed by atoms with Crippen LogP contribution in [0.25, 0.3) is 6.08 Å². The first-order valence-electron chi connectivity index (χ1n) is 8.85. The van der Waals surface area contributed by atoms with E-state index in [1.165, 1.54) is 31.0 Å². The Labute approximate surface area is 162 Å². The standard InChI is InChI=1S/C20H20N2O2S2/c23-19-17(26-20(25)22(19)14-15-7-3-1-4-8-15)13-16-9-10-18(24-16)21-11-5-2-6-12-21/h1,3-4,7-10,13H,2,5-6,11-12,14H2/b17-13-. The van der Waals surface area contributed by atoms with Crippen LogP contribution in [-0.4, -0.2) is 28.2 Å². The number of carbonyl (C=O) groups is 1. The van der Waals surface area contributed by atoms with Crippen molar-refractivity contribution in [2.45, 2.75) is 25.8 Å². The lowest BCUT2D eigenvalue weighted by molar-refractivity contribution is -0.122. The first-order chi connectivity index (χ1) is 12.7. The molecule has 0 spiro atoms. The number of benzene rings is 1. The maximum Gasteiger partial charge on any atom is 0.266 e. The van der Waals surface area contributed by atoms with Gasteiger partial charge in [-0.15, -0.1) is 0 Å². The van der Waals surface area contributed by atoms with Gasteiger partial charge in [0, 0.05) is 25.2 Å². The van der Waals surface area contributed by atoms with Crippen LogP contribution in [0.3, 0.4) is 0 Å². The van der Waals surface area contributed by atoms with E-state index in [1.807, 2.05) is 42.5 Å². The molecule has 2 fully saturated rings. The van der Waals surface area contributed by atoms with E-state index in [-0.39, 0.29) is 5.91 Å². The number of piperidine rings is 1. The summed E-state index contributed by atoms with van der Waals surface area (Å²) in [6, 6.07) is 13.8. The van der Waals surface area contributed by atoms with Gasteiger partial charge in [0.05, 0.1) is 11.4 Å². The monoisotopic (exact) mass is 384 g/mol. The van der Waals surface area contributed by atoms with E-state index < -0.39 is 0 Å². The maximum atomic E-state index is 12.7. The average Bonchev–Trinajstić information content (AvgIpc) is 3.24. The van der Waals surface area contributed by atoms with Gasteiger partial charge in [-0.3, -0.25) is 9.69 Å². The zero-order chi connectivity index (χ0) is 17.9. The van der Waals surface area contributed by atoms with Crippen molar-refractivity contribution in [2.24, 2.45) is 0 Å². The predicted molar refractivity (Wildman–Crippen MR) is 110 cm³/mol. The van der Waals surface area contributed by atoms with Gasteiger partial charge >= 0.3 is 0 Å². The summed E-state index contributed by atoms with van der Waals surface area (Å²) in [7, 11) is 0. The quantitative estimate of drug-likeness (QED) is 0.565. The van der Waals surface area contributed by atoms with Crippen LogP contribution >= 0.6 is 24.0 Å². The molecule has 2 aromatic rings. The first kappa shape index (κ1) is 17.4. The van der Waals surface area contributed by atoms with Gasteiger partial charge in [0.1, 0.15) is 10.1 Å². The number of rotatable bonds is 4. The maximum absolute atomic E-state index is 12.7. The highest BCUT2D eigenvalue weighted by atomic mass is 32.2. The minimum atomic E-state index is -0.0558. The summed E-state index contributed by atoms with van der Waals surface area (Å²) in [5, 5.41) is 0. The minimum Gasteiger partial charge on any atom is -0.441 e. The molecule has 2 aliphatic rings. The Bertz CT molecular complexity index is 839. The molecule has 0 radical (unpaired) electrons. The number of nitrogens with zero attached hydrogens (tertiary/aromatic N) is 2. The third kappa shape index (κ3) is 3.71. The molecule has 0 saturated carbocycles. The fraction of sp³-hybridized carbons (Fsp3) is 0.300. The Kier molecular flexibility index (Phi) is 5.13. The van der Waals surface area contributed by atoms with Gasteiger partial charge in [-0.2, -0.15) is 0 Å². The number of thiocarbonyl (C=S) groups is 1. The van der Waals surface area contributed by atoms with E-state index >= 15 is 0 Å². The van der Waals surface area contributed by atoms with Crippen LogP contribution in [0.5, 0.6) is 0 Å². The molecule has 1 aromatic carbocycles. The number of furan rings is 1. The van der Waals surface area contributed by atoms with E-state index in [0.717, 1.165) is 24.5 Å². The molecule has 0 bridgehead atoms. The van der Waals surface area contributed by atoms with E-state index in [2.05, 4.69) is 4.90 Å². The Hall–Kier alpha value is -2.05. The molecule has 0 unspecified atom stereocenters. The van der Waals surface area contributed by atoms with Crippen molar-refractivity contribution in [1.82, 2.24) is 4.90 Å². The van der Waals surface area contributed by atoms with Crippen molar-refractivity contribution in [3.8, 4) is 0 Å². The normalized spacial score (nSPS) is 19.6. The Balaban J connectivity index is 1.48. The van der Waals surface area contributed by atoms with Gasteiger partial charge in [0.25, 0.3) is 5.91 Å². The van der Waals surface area contributed by atoms with Crippen LogP contribution in [0.4, 0.5) is 5.88 Å². The summed E-state index contributed by atoms with van der Waals surface area (Å²) in [6.07, 6.45) is 5.49. The van der Waals surface area contributed by atoms with E-state index in [4.69, 9.17) is 16.6 Å². The molecule has 6 heteroatoms. The zero-order valence-corrected chi connectivity index (χ0v) is 16.0. The average molecular weight is 385 g/mol. The SMILES string of the molecule is O=C1/C(=C/c2ccc(N3CCCCC3)o2)SC(=S)N1Cc1ccccc1. The van der Waals surface area contributed by atoms with Crippen LogP contribution in [0.2, 0.25) is 0 Å². The van der Waals surface area contributed by atoms with Crippen LogP contribution in [0, 0.1) is 0 Å². The van der Waals surface area contributed by atoms with Crippen molar-refractivity contribution >= 4 is 46.2 Å². The molecule has 4 nitrogen and oxygen atoms in total. The van der Waals surface area contributed by atoms with Gasteiger partial charge in [-0.05, 0) is 30.9 Å². The number of hydrogen-bond donors (Lipinski definition) is 0. The van der Waals surface area contributed by atoms with Crippen molar-refractivity contribution in [2.75, 3.05) is 18.0 Å². The van der Waals surface area contributed by atoms with Gasteiger partial charge < -0.3 is 9.32 Å². The summed E-state index contributed by atoms with van der Waals surface area (Å²) < 4.78 is 6.53. The molecule has 0 atom stereocenters. The number of amides is 1. The number of carbonyl (C=O) groups excluding carboxylic acids is 1. The Morgan fingerprint density at radius 1 is 1.08 bits per heavy atom. The number of hydrogen-bond acceptors (Lipinski definition) is 5. The first-order valence-corrected chi connectivity index (χ1v) is 10.1. The fourth-order valence-corrected chi connectivity index (χ4v) is 4.47. The highest BCUT2D eigenvalue weighted by Gasteiger charge is 2.32. The van der Waals surface area contributed by atoms with E-state index in [9.17, 15) is 4.79 Å². The molecule has 26 heavy (non-hydrogen) atoms. The minimum absolute atomic E-state index is 0.0558. The number of anilines is 1. The molecular formula is C20H20N2O2S2. The number of thioether (sulfide) groups is 1. The van der Waals surface area contributed by atoms with E-state index in [0.29, 0.717) is 21.5 Å². The molecular weight excluding hydrogens is 364 g/mol. The van der Waals surface area contributed by atoms with Gasteiger partial charge in [-0.1, -0.05) is 54.3 Å². The molecule has 1 amide bonds. The summed E-state index contributed by atoms with van der Waals surface area (Å²) in [5.41, 5.74) is 1.07. The van der Waals surface area contributed by atoms with Gasteiger partial charge in [-0.25, -0.2) is 0 Å². The van der Waals surface area contributed by atoms with Crippen LogP contribution < -0.4 is 4.90 Å². The summed E-state index contributed by atoms with van der Waals surface area (Å²) in [6.45, 7) is 2.57. The van der Waals surface area contributed by atoms with E-state index in [1.54, 1.807) is 11.0 Å². The lowest BCUT2D eigenvalue weighted by atomic mass is 10.1. The second-order valence-electron chi connectivity index (χ2n) is 6.48. The van der Waals surface area contributed by atoms with Crippen molar-refractivity contribution < 1.29 is 9.21 Å². The summed E-state index contributed by atoms with van der Waals surface area (Å²) >= 11 is 6.74. The molecule has 134 valence electrons. The second kappa shape index (κ2) is 7.68. The lowest BCUT2D eigenvalue weighted by Gasteiger charge is -2.25. The largest absolute Gasteiger partial charge is 0.441 e. The van der Waals surface area contributed by atoms with Crippen LogP contribution in [0.1, 0.15) is 30.6 Å². The summed E-state index contributed by atoms with van der Waals surface area (Å²) in [4.78, 5) is 17.3. The Morgan fingerprint density at radius 2 is 1.85 bits per heavy atom.